The second-order valence-electron chi connectivity index (χ2n) is 5.28. The molecule has 17 heavy (non-hydrogen) atoms. The first-order valence-corrected chi connectivity index (χ1v) is 6.58. The molecule has 3 fully saturated rings. The van der Waals surface area contributed by atoms with Gasteiger partial charge in [0.1, 0.15) is 0 Å². The van der Waals surface area contributed by atoms with Crippen molar-refractivity contribution in [1.82, 2.24) is 15.1 Å². The van der Waals surface area contributed by atoms with Crippen molar-refractivity contribution in [2.75, 3.05) is 39.3 Å². The summed E-state index contributed by atoms with van der Waals surface area (Å²) in [6.07, 6.45) is 3.54. The Morgan fingerprint density at radius 2 is 1.76 bits per heavy atom. The summed E-state index contributed by atoms with van der Waals surface area (Å²) in [6.45, 7) is 6.34. The third kappa shape index (κ3) is 2.92. The van der Waals surface area contributed by atoms with E-state index in [2.05, 4.69) is 15.1 Å². The van der Waals surface area contributed by atoms with Gasteiger partial charge in [-0.1, -0.05) is 0 Å². The lowest BCUT2D eigenvalue weighted by atomic mass is 10.2. The number of carbonyl (C=O) groups excluding carboxylic acids is 1. The number of carbonyl (C=O) groups is 1. The summed E-state index contributed by atoms with van der Waals surface area (Å²) in [5.41, 5.74) is 0. The number of hydrogen-bond donors (Lipinski definition) is 1. The highest BCUT2D eigenvalue weighted by atomic mass is 35.5. The molecule has 0 aromatic carbocycles. The van der Waals surface area contributed by atoms with Crippen LogP contribution in [0.4, 0.5) is 0 Å². The zero-order valence-electron chi connectivity index (χ0n) is 10.2. The van der Waals surface area contributed by atoms with E-state index in [0.717, 1.165) is 58.2 Å². The Kier molecular flexibility index (Phi) is 4.28. The van der Waals surface area contributed by atoms with Gasteiger partial charge in [-0.15, -0.1) is 12.4 Å². The van der Waals surface area contributed by atoms with E-state index >= 15 is 0 Å². The zero-order chi connectivity index (χ0) is 11.0. The van der Waals surface area contributed by atoms with Crippen LogP contribution >= 0.6 is 12.4 Å². The van der Waals surface area contributed by atoms with Gasteiger partial charge in [-0.05, 0) is 25.8 Å². The van der Waals surface area contributed by atoms with E-state index in [4.69, 9.17) is 0 Å². The first kappa shape index (κ1) is 13.1. The van der Waals surface area contributed by atoms with Crippen molar-refractivity contribution in [3.05, 3.63) is 0 Å². The van der Waals surface area contributed by atoms with Gasteiger partial charge in [0.05, 0.1) is 0 Å². The Morgan fingerprint density at radius 3 is 2.29 bits per heavy atom. The monoisotopic (exact) mass is 259 g/mol. The topological polar surface area (TPSA) is 35.6 Å². The Morgan fingerprint density at radius 1 is 1.06 bits per heavy atom. The molecule has 0 spiro atoms. The maximum Gasteiger partial charge on any atom is 0.225 e. The minimum absolute atomic E-state index is 0. The molecule has 0 aromatic heterocycles. The second-order valence-corrected chi connectivity index (χ2v) is 5.28. The van der Waals surface area contributed by atoms with E-state index in [1.807, 2.05) is 0 Å². The van der Waals surface area contributed by atoms with Crippen LogP contribution in [0, 0.1) is 5.92 Å². The van der Waals surface area contributed by atoms with Gasteiger partial charge in [0.2, 0.25) is 5.91 Å². The molecule has 0 radical (unpaired) electrons. The molecule has 1 amide bonds. The lowest BCUT2D eigenvalue weighted by Gasteiger charge is -2.37. The van der Waals surface area contributed by atoms with Crippen LogP contribution in [-0.2, 0) is 4.79 Å². The predicted molar refractivity (Wildman–Crippen MR) is 69.4 cm³/mol. The minimum atomic E-state index is 0. The molecule has 3 aliphatic rings. The first-order chi connectivity index (χ1) is 7.84. The van der Waals surface area contributed by atoms with Crippen LogP contribution in [0.15, 0.2) is 0 Å². The van der Waals surface area contributed by atoms with E-state index < -0.39 is 0 Å². The number of rotatable bonds is 2. The molecular formula is C12H22ClN3O. The van der Waals surface area contributed by atoms with Crippen LogP contribution < -0.4 is 5.32 Å². The summed E-state index contributed by atoms with van der Waals surface area (Å²) < 4.78 is 0. The van der Waals surface area contributed by atoms with Crippen molar-refractivity contribution in [1.29, 1.82) is 0 Å². The average Bonchev–Trinajstić information content (AvgIpc) is 3.04. The van der Waals surface area contributed by atoms with Crippen molar-refractivity contribution in [2.24, 2.45) is 5.92 Å². The highest BCUT2D eigenvalue weighted by Gasteiger charge is 2.35. The van der Waals surface area contributed by atoms with Gasteiger partial charge in [-0.3, -0.25) is 9.69 Å². The number of amides is 1. The third-order valence-corrected chi connectivity index (χ3v) is 4.10. The number of nitrogens with zero attached hydrogens (tertiary/aromatic N) is 2. The predicted octanol–water partition coefficient (Wildman–Crippen LogP) is 0.324. The summed E-state index contributed by atoms with van der Waals surface area (Å²) in [5.74, 6) is 0.809. The SMILES string of the molecule is Cl.O=C(C1CC1)N1CCN(C2CCNC2)CC1. The maximum absolute atomic E-state index is 11.9. The molecule has 1 N–H and O–H groups in total. The van der Waals surface area contributed by atoms with Gasteiger partial charge in [-0.25, -0.2) is 0 Å². The highest BCUT2D eigenvalue weighted by Crippen LogP contribution is 2.31. The Hall–Kier alpha value is -0.320. The third-order valence-electron chi connectivity index (χ3n) is 4.10. The standard InChI is InChI=1S/C12H21N3O.ClH/c16-12(10-1-2-10)15-7-5-14(6-8-15)11-3-4-13-9-11;/h10-11,13H,1-9H2;1H. The molecule has 1 unspecified atom stereocenters. The van der Waals surface area contributed by atoms with Crippen LogP contribution in [-0.4, -0.2) is 61.0 Å². The van der Waals surface area contributed by atoms with Crippen LogP contribution in [0.25, 0.3) is 0 Å². The molecule has 4 nitrogen and oxygen atoms in total. The molecule has 5 heteroatoms. The molecule has 1 atom stereocenters. The Bertz CT molecular complexity index is 269. The molecular weight excluding hydrogens is 238 g/mol. The van der Waals surface area contributed by atoms with Crippen molar-refractivity contribution in [3.63, 3.8) is 0 Å². The van der Waals surface area contributed by atoms with E-state index in [0.29, 0.717) is 11.8 Å². The number of hydrogen-bond acceptors (Lipinski definition) is 3. The largest absolute Gasteiger partial charge is 0.340 e. The van der Waals surface area contributed by atoms with Gasteiger partial charge in [0, 0.05) is 44.7 Å². The van der Waals surface area contributed by atoms with Crippen LogP contribution in [0.3, 0.4) is 0 Å². The Labute approximate surface area is 109 Å². The molecule has 1 saturated carbocycles. The highest BCUT2D eigenvalue weighted by molar-refractivity contribution is 5.85. The normalized spacial score (nSPS) is 30.1. The maximum atomic E-state index is 11.9. The molecule has 1 aliphatic carbocycles. The minimum Gasteiger partial charge on any atom is -0.340 e. The van der Waals surface area contributed by atoms with Crippen LogP contribution in [0.5, 0.6) is 0 Å². The van der Waals surface area contributed by atoms with E-state index in [9.17, 15) is 4.79 Å². The van der Waals surface area contributed by atoms with E-state index in [-0.39, 0.29) is 12.4 Å². The van der Waals surface area contributed by atoms with Gasteiger partial charge in [0.15, 0.2) is 0 Å². The average molecular weight is 260 g/mol. The van der Waals surface area contributed by atoms with Gasteiger partial charge >= 0.3 is 0 Å². The van der Waals surface area contributed by atoms with Gasteiger partial charge in [-0.2, -0.15) is 0 Å². The summed E-state index contributed by atoms with van der Waals surface area (Å²) in [4.78, 5) is 16.5. The summed E-state index contributed by atoms with van der Waals surface area (Å²) in [7, 11) is 0. The fraction of sp³-hybridized carbons (Fsp3) is 0.917. The van der Waals surface area contributed by atoms with Crippen molar-refractivity contribution < 1.29 is 4.79 Å². The van der Waals surface area contributed by atoms with Crippen molar-refractivity contribution >= 4 is 18.3 Å². The first-order valence-electron chi connectivity index (χ1n) is 6.58. The second kappa shape index (κ2) is 5.55. The fourth-order valence-electron chi connectivity index (χ4n) is 2.85. The lowest BCUT2D eigenvalue weighted by Crippen LogP contribution is -2.52. The Balaban J connectivity index is 0.00000108. The molecule has 2 saturated heterocycles. The number of nitrogens with one attached hydrogen (secondary N) is 1. The molecule has 0 aromatic rings. The van der Waals surface area contributed by atoms with Gasteiger partial charge in [0.25, 0.3) is 0 Å². The van der Waals surface area contributed by atoms with Crippen LogP contribution in [0.2, 0.25) is 0 Å². The molecule has 3 rings (SSSR count). The molecule has 98 valence electrons. The quantitative estimate of drug-likeness (QED) is 0.776. The van der Waals surface area contributed by atoms with Gasteiger partial charge < -0.3 is 10.2 Å². The number of piperazine rings is 1. The molecule has 2 heterocycles. The van der Waals surface area contributed by atoms with Crippen molar-refractivity contribution in [2.45, 2.75) is 25.3 Å². The van der Waals surface area contributed by atoms with E-state index in [1.165, 1.54) is 6.42 Å². The van der Waals surface area contributed by atoms with Crippen LogP contribution in [0.1, 0.15) is 19.3 Å². The molecule has 0 bridgehead atoms. The summed E-state index contributed by atoms with van der Waals surface area (Å²) in [5, 5.41) is 3.41. The number of halogens is 1. The van der Waals surface area contributed by atoms with Crippen molar-refractivity contribution in [3.8, 4) is 0 Å². The smallest absolute Gasteiger partial charge is 0.225 e. The summed E-state index contributed by atoms with van der Waals surface area (Å²) in [6, 6.07) is 0.721. The van der Waals surface area contributed by atoms with E-state index in [1.54, 1.807) is 0 Å². The lowest BCUT2D eigenvalue weighted by molar-refractivity contribution is -0.134. The fourth-order valence-corrected chi connectivity index (χ4v) is 2.85. The summed E-state index contributed by atoms with van der Waals surface area (Å²) >= 11 is 0. The molecule has 2 aliphatic heterocycles. The zero-order valence-corrected chi connectivity index (χ0v) is 11.0.